The van der Waals surface area contributed by atoms with Gasteiger partial charge in [0.15, 0.2) is 0 Å². The topological polar surface area (TPSA) is 44.5 Å². The highest BCUT2D eigenvalue weighted by molar-refractivity contribution is 5.45. The Bertz CT molecular complexity index is 411. The second-order valence-corrected chi connectivity index (χ2v) is 4.95. The monoisotopic (exact) mass is 235 g/mol. The highest BCUT2D eigenvalue weighted by Gasteiger charge is 2.40. The van der Waals surface area contributed by atoms with Crippen molar-refractivity contribution in [1.82, 2.24) is 0 Å². The van der Waals surface area contributed by atoms with Crippen molar-refractivity contribution in [3.8, 4) is 5.75 Å². The lowest BCUT2D eigenvalue weighted by atomic mass is 9.73. The Hall–Kier alpha value is -1.06. The van der Waals surface area contributed by atoms with Gasteiger partial charge in [0, 0.05) is 5.41 Å². The van der Waals surface area contributed by atoms with E-state index in [-0.39, 0.29) is 5.41 Å². The Balaban J connectivity index is 2.41. The van der Waals surface area contributed by atoms with Gasteiger partial charge in [-0.2, -0.15) is 0 Å². The average Bonchev–Trinajstić information content (AvgIpc) is 2.26. The molecule has 1 aliphatic heterocycles. The number of hydrogen-bond donors (Lipinski definition) is 1. The van der Waals surface area contributed by atoms with Crippen LogP contribution < -0.4 is 10.5 Å². The summed E-state index contributed by atoms with van der Waals surface area (Å²) >= 11 is 0. The van der Waals surface area contributed by atoms with E-state index in [1.165, 1.54) is 16.7 Å². The maximum Gasteiger partial charge on any atom is 0.122 e. The first-order valence-corrected chi connectivity index (χ1v) is 6.06. The van der Waals surface area contributed by atoms with Gasteiger partial charge in [-0.15, -0.1) is 0 Å². The Kier molecular flexibility index (Phi) is 3.40. The van der Waals surface area contributed by atoms with Crippen molar-refractivity contribution in [3.05, 3.63) is 28.8 Å². The predicted molar refractivity (Wildman–Crippen MR) is 68.6 cm³/mol. The van der Waals surface area contributed by atoms with Crippen LogP contribution in [0.5, 0.6) is 5.75 Å². The molecule has 94 valence electrons. The molecule has 0 spiro atoms. The van der Waals surface area contributed by atoms with Crippen LogP contribution in [-0.2, 0) is 10.2 Å². The fourth-order valence-electron chi connectivity index (χ4n) is 2.64. The van der Waals surface area contributed by atoms with Crippen molar-refractivity contribution in [2.24, 2.45) is 5.73 Å². The molecular formula is C14H21NO2. The Morgan fingerprint density at radius 1 is 1.29 bits per heavy atom. The molecule has 1 aromatic rings. The number of aryl methyl sites for hydroxylation is 2. The molecule has 1 fully saturated rings. The van der Waals surface area contributed by atoms with Crippen molar-refractivity contribution in [2.75, 3.05) is 26.9 Å². The minimum atomic E-state index is 0.135. The summed E-state index contributed by atoms with van der Waals surface area (Å²) in [5.41, 5.74) is 9.67. The summed E-state index contributed by atoms with van der Waals surface area (Å²) < 4.78 is 10.8. The molecule has 0 atom stereocenters. The van der Waals surface area contributed by atoms with Crippen molar-refractivity contribution < 1.29 is 9.47 Å². The number of nitrogens with two attached hydrogens (primary N) is 1. The quantitative estimate of drug-likeness (QED) is 0.867. The lowest BCUT2D eigenvalue weighted by Gasteiger charge is -2.43. The van der Waals surface area contributed by atoms with Gasteiger partial charge in [-0.05, 0) is 49.6 Å². The van der Waals surface area contributed by atoms with Crippen LogP contribution in [0.15, 0.2) is 12.1 Å². The maximum absolute atomic E-state index is 5.73. The van der Waals surface area contributed by atoms with Gasteiger partial charge >= 0.3 is 0 Å². The molecule has 1 aliphatic rings. The summed E-state index contributed by atoms with van der Waals surface area (Å²) in [4.78, 5) is 0. The third-order valence-corrected chi connectivity index (χ3v) is 3.69. The van der Waals surface area contributed by atoms with E-state index < -0.39 is 0 Å². The first-order valence-electron chi connectivity index (χ1n) is 6.06. The molecule has 2 N–H and O–H groups in total. The molecule has 0 amide bonds. The number of benzene rings is 1. The van der Waals surface area contributed by atoms with Crippen LogP contribution in [0.2, 0.25) is 0 Å². The molecular weight excluding hydrogens is 214 g/mol. The molecule has 1 aromatic carbocycles. The molecule has 17 heavy (non-hydrogen) atoms. The summed E-state index contributed by atoms with van der Waals surface area (Å²) in [6.07, 6.45) is 0.986. The largest absolute Gasteiger partial charge is 0.496 e. The average molecular weight is 235 g/mol. The Morgan fingerprint density at radius 2 is 2.00 bits per heavy atom. The molecule has 0 aromatic heterocycles. The van der Waals surface area contributed by atoms with Gasteiger partial charge in [-0.1, -0.05) is 6.07 Å². The van der Waals surface area contributed by atoms with E-state index in [0.717, 1.165) is 25.4 Å². The standard InChI is InChI=1S/C14H21NO2/c1-10-7-13(16-3)11(2)6-12(10)14(4-5-15)8-17-9-14/h6-7H,4-5,8-9,15H2,1-3H3. The van der Waals surface area contributed by atoms with E-state index in [1.54, 1.807) is 7.11 Å². The molecule has 2 rings (SSSR count). The van der Waals surface area contributed by atoms with Gasteiger partial charge in [0.05, 0.1) is 20.3 Å². The second-order valence-electron chi connectivity index (χ2n) is 4.95. The zero-order valence-electron chi connectivity index (χ0n) is 10.9. The number of hydrogen-bond acceptors (Lipinski definition) is 3. The SMILES string of the molecule is COc1cc(C)c(C2(CCN)COC2)cc1C. The second kappa shape index (κ2) is 4.67. The van der Waals surface area contributed by atoms with E-state index in [0.29, 0.717) is 6.54 Å². The molecule has 0 unspecified atom stereocenters. The van der Waals surface area contributed by atoms with Crippen molar-refractivity contribution in [1.29, 1.82) is 0 Å². The van der Waals surface area contributed by atoms with Crippen LogP contribution >= 0.6 is 0 Å². The summed E-state index contributed by atoms with van der Waals surface area (Å²) in [5.74, 6) is 0.953. The van der Waals surface area contributed by atoms with E-state index in [9.17, 15) is 0 Å². The number of ether oxygens (including phenoxy) is 2. The van der Waals surface area contributed by atoms with Crippen molar-refractivity contribution in [2.45, 2.75) is 25.7 Å². The van der Waals surface area contributed by atoms with Gasteiger partial charge < -0.3 is 15.2 Å². The van der Waals surface area contributed by atoms with Crippen LogP contribution in [-0.4, -0.2) is 26.9 Å². The maximum atomic E-state index is 5.73. The molecule has 1 heterocycles. The smallest absolute Gasteiger partial charge is 0.122 e. The van der Waals surface area contributed by atoms with Crippen LogP contribution in [0.3, 0.4) is 0 Å². The third-order valence-electron chi connectivity index (χ3n) is 3.69. The van der Waals surface area contributed by atoms with Crippen molar-refractivity contribution in [3.63, 3.8) is 0 Å². The summed E-state index contributed by atoms with van der Waals surface area (Å²) in [5, 5.41) is 0. The normalized spacial score (nSPS) is 17.6. The van der Waals surface area contributed by atoms with Gasteiger partial charge in [-0.25, -0.2) is 0 Å². The zero-order valence-corrected chi connectivity index (χ0v) is 10.9. The fraction of sp³-hybridized carbons (Fsp3) is 0.571. The summed E-state index contributed by atoms with van der Waals surface area (Å²) in [6.45, 7) is 6.49. The van der Waals surface area contributed by atoms with Crippen molar-refractivity contribution >= 4 is 0 Å². The van der Waals surface area contributed by atoms with Gasteiger partial charge in [0.25, 0.3) is 0 Å². The number of methoxy groups -OCH3 is 1. The lowest BCUT2D eigenvalue weighted by molar-refractivity contribution is -0.0634. The third kappa shape index (κ3) is 2.05. The van der Waals surface area contributed by atoms with E-state index in [4.69, 9.17) is 15.2 Å². The van der Waals surface area contributed by atoms with Crippen LogP contribution in [0.4, 0.5) is 0 Å². The minimum Gasteiger partial charge on any atom is -0.496 e. The summed E-state index contributed by atoms with van der Waals surface area (Å²) in [7, 11) is 1.71. The molecule has 3 heteroatoms. The highest BCUT2D eigenvalue weighted by atomic mass is 16.5. The molecule has 3 nitrogen and oxygen atoms in total. The lowest BCUT2D eigenvalue weighted by Crippen LogP contribution is -2.48. The highest BCUT2D eigenvalue weighted by Crippen LogP contribution is 2.39. The molecule has 0 aliphatic carbocycles. The first-order chi connectivity index (χ1) is 8.13. The Morgan fingerprint density at radius 3 is 2.47 bits per heavy atom. The minimum absolute atomic E-state index is 0.135. The number of rotatable bonds is 4. The van der Waals surface area contributed by atoms with E-state index in [2.05, 4.69) is 26.0 Å². The van der Waals surface area contributed by atoms with E-state index in [1.807, 2.05) is 0 Å². The van der Waals surface area contributed by atoms with E-state index >= 15 is 0 Å². The summed E-state index contributed by atoms with van der Waals surface area (Å²) in [6, 6.07) is 4.34. The molecule has 0 bridgehead atoms. The fourth-order valence-corrected chi connectivity index (χ4v) is 2.64. The van der Waals surface area contributed by atoms with Gasteiger partial charge in [-0.3, -0.25) is 0 Å². The van der Waals surface area contributed by atoms with Gasteiger partial charge in [0.1, 0.15) is 5.75 Å². The Labute approximate surface area is 103 Å². The van der Waals surface area contributed by atoms with Crippen LogP contribution in [0.1, 0.15) is 23.1 Å². The van der Waals surface area contributed by atoms with Gasteiger partial charge in [0.2, 0.25) is 0 Å². The first kappa shape index (κ1) is 12.4. The zero-order chi connectivity index (χ0) is 12.5. The van der Waals surface area contributed by atoms with Crippen LogP contribution in [0, 0.1) is 13.8 Å². The molecule has 1 saturated heterocycles. The molecule has 0 radical (unpaired) electrons. The van der Waals surface area contributed by atoms with Crippen LogP contribution in [0.25, 0.3) is 0 Å². The molecule has 0 saturated carbocycles. The predicted octanol–water partition coefficient (Wildman–Crippen LogP) is 1.93.